The minimum atomic E-state index is 0. The van der Waals surface area contributed by atoms with Crippen LogP contribution in [0.25, 0.3) is 0 Å². The summed E-state index contributed by atoms with van der Waals surface area (Å²) in [6.45, 7) is 0. The molecule has 1 heterocycles. The fourth-order valence-corrected chi connectivity index (χ4v) is 5.99. The second-order valence-corrected chi connectivity index (χ2v) is 13.1. The molecule has 0 N–H and O–H groups in total. The topological polar surface area (TPSA) is 12.9 Å². The second-order valence-electron chi connectivity index (χ2n) is 10.3. The maximum absolute atomic E-state index is 3.78. The summed E-state index contributed by atoms with van der Waals surface area (Å²) in [5.41, 5.74) is 2.86. The van der Waals surface area contributed by atoms with Crippen LogP contribution in [0.2, 0.25) is 0 Å². The van der Waals surface area contributed by atoms with E-state index in [1.165, 1.54) is 122 Å². The van der Waals surface area contributed by atoms with E-state index in [-0.39, 0.29) is 20.1 Å². The van der Waals surface area contributed by atoms with E-state index < -0.39 is 0 Å². The van der Waals surface area contributed by atoms with Crippen LogP contribution >= 0.6 is 27.7 Å². The van der Waals surface area contributed by atoms with Crippen molar-refractivity contribution >= 4 is 27.7 Å². The van der Waals surface area contributed by atoms with Gasteiger partial charge in [0, 0.05) is 32.5 Å². The van der Waals surface area contributed by atoms with Crippen LogP contribution in [0.3, 0.4) is 0 Å². The Balaban J connectivity index is 0.000000423. The molecule has 0 bridgehead atoms. The van der Waals surface area contributed by atoms with E-state index in [0.29, 0.717) is 0 Å². The van der Waals surface area contributed by atoms with Gasteiger partial charge in [0.2, 0.25) is 0 Å². The number of rotatable bonds is 0. The van der Waals surface area contributed by atoms with E-state index in [1.807, 2.05) is 18.2 Å². The first-order valence-electron chi connectivity index (χ1n) is 14.6. The predicted molar refractivity (Wildman–Crippen MR) is 171 cm³/mol. The maximum Gasteiger partial charge on any atom is 0.0267 e. The molecule has 5 rings (SSSR count). The molecule has 209 valence electrons. The molecule has 1 nitrogen and oxygen atoms in total. The Morgan fingerprint density at radius 2 is 0.694 bits per heavy atom. The molecule has 3 unspecified atom stereocenters. The zero-order valence-electron chi connectivity index (χ0n) is 22.9. The zero-order valence-corrected chi connectivity index (χ0v) is 28.7. The van der Waals surface area contributed by atoms with Gasteiger partial charge in [-0.2, -0.15) is 0 Å². The molecule has 0 saturated heterocycles. The van der Waals surface area contributed by atoms with Crippen LogP contribution in [0.1, 0.15) is 122 Å². The summed E-state index contributed by atoms with van der Waals surface area (Å²) in [5, 5.41) is 0. The molecule has 0 aromatic carbocycles. The standard InChI is InChI=1S/C8H12.3C6H13P.C5H5N.Ir/c1-2-4-6-8-7-5-3-1;3*7-6-4-2-1-3-5-6;1-2-4-6-5-3-1;/h1-2,7-8H,3-6H2;3*6H,1-5,7H2;1-5H;/b2-1-,8-7-;;;;;. The summed E-state index contributed by atoms with van der Waals surface area (Å²) < 4.78 is 0. The van der Waals surface area contributed by atoms with Crippen LogP contribution in [0.15, 0.2) is 54.9 Å². The van der Waals surface area contributed by atoms with Gasteiger partial charge in [-0.1, -0.05) is 88.2 Å². The van der Waals surface area contributed by atoms with Crippen molar-refractivity contribution in [2.24, 2.45) is 0 Å². The van der Waals surface area contributed by atoms with Crippen molar-refractivity contribution in [1.82, 2.24) is 4.98 Å². The summed E-state index contributed by atoms with van der Waals surface area (Å²) in [6.07, 6.45) is 39.4. The SMILES string of the molecule is C1=C\CC/C=C\CC/1.PC1CCCCC1.PC1CCCCC1.PC1CCCCC1.[Ir].c1ccncc1. The van der Waals surface area contributed by atoms with Crippen LogP contribution in [0.4, 0.5) is 0 Å². The first kappa shape index (κ1) is 36.6. The van der Waals surface area contributed by atoms with Crippen molar-refractivity contribution in [3.8, 4) is 0 Å². The normalized spacial score (nSPS) is 22.3. The Bertz CT molecular complexity index is 502. The summed E-state index contributed by atoms with van der Waals surface area (Å²) in [7, 11) is 8.72. The zero-order chi connectivity index (χ0) is 25.2. The molecule has 0 aliphatic heterocycles. The second kappa shape index (κ2) is 28.6. The van der Waals surface area contributed by atoms with Crippen molar-refractivity contribution in [3.63, 3.8) is 0 Å². The molecule has 3 fully saturated rings. The van der Waals surface area contributed by atoms with Crippen LogP contribution in [-0.4, -0.2) is 22.0 Å². The van der Waals surface area contributed by atoms with Gasteiger partial charge in [0.25, 0.3) is 0 Å². The Kier molecular flexibility index (Phi) is 29.0. The van der Waals surface area contributed by atoms with Gasteiger partial charge < -0.3 is 0 Å². The van der Waals surface area contributed by atoms with Crippen LogP contribution < -0.4 is 0 Å². The summed E-state index contributed by atoms with van der Waals surface area (Å²) in [6, 6.07) is 5.72. The number of hydrogen-bond donors (Lipinski definition) is 0. The van der Waals surface area contributed by atoms with E-state index in [0.717, 1.165) is 17.0 Å². The minimum absolute atomic E-state index is 0. The quantitative estimate of drug-likeness (QED) is 0.192. The molecule has 4 aliphatic carbocycles. The first-order chi connectivity index (χ1) is 17.2. The Hall–Kier alpha value is 0.569. The summed E-state index contributed by atoms with van der Waals surface area (Å²) >= 11 is 0. The summed E-state index contributed by atoms with van der Waals surface area (Å²) in [5.74, 6) is 0. The number of allylic oxidation sites excluding steroid dienone is 4. The van der Waals surface area contributed by atoms with Crippen LogP contribution in [0, 0.1) is 0 Å². The molecular formula is C31H56IrNP3. The smallest absolute Gasteiger partial charge is 0.0267 e. The van der Waals surface area contributed by atoms with Crippen molar-refractivity contribution in [2.45, 2.75) is 139 Å². The molecule has 0 spiro atoms. The molecule has 4 aliphatic rings. The monoisotopic (exact) mass is 728 g/mol. The maximum atomic E-state index is 3.78. The number of aromatic nitrogens is 1. The van der Waals surface area contributed by atoms with E-state index in [4.69, 9.17) is 0 Å². The third kappa shape index (κ3) is 26.2. The third-order valence-corrected chi connectivity index (χ3v) is 8.85. The molecule has 1 aromatic heterocycles. The molecule has 3 saturated carbocycles. The molecule has 5 heteroatoms. The van der Waals surface area contributed by atoms with Gasteiger partial charge in [-0.25, -0.2) is 0 Å². The number of pyridine rings is 1. The fraction of sp³-hybridized carbons (Fsp3) is 0.710. The van der Waals surface area contributed by atoms with Crippen molar-refractivity contribution in [3.05, 3.63) is 54.9 Å². The van der Waals surface area contributed by atoms with E-state index in [2.05, 4.69) is 57.0 Å². The fourth-order valence-electron chi connectivity index (χ4n) is 4.57. The van der Waals surface area contributed by atoms with Gasteiger partial charge in [-0.3, -0.25) is 4.98 Å². The van der Waals surface area contributed by atoms with Crippen molar-refractivity contribution in [2.75, 3.05) is 0 Å². The third-order valence-electron chi connectivity index (χ3n) is 6.85. The van der Waals surface area contributed by atoms with Gasteiger partial charge in [-0.05, 0) is 93.3 Å². The molecule has 0 amide bonds. The van der Waals surface area contributed by atoms with E-state index in [1.54, 1.807) is 12.4 Å². The largest absolute Gasteiger partial charge is 0.265 e. The molecule has 1 radical (unpaired) electrons. The average molecular weight is 728 g/mol. The minimum Gasteiger partial charge on any atom is -0.265 e. The number of hydrogen-bond acceptors (Lipinski definition) is 1. The average Bonchev–Trinajstić information content (AvgIpc) is 2.88. The Morgan fingerprint density at radius 3 is 0.833 bits per heavy atom. The first-order valence-corrected chi connectivity index (χ1v) is 16.6. The van der Waals surface area contributed by atoms with Crippen molar-refractivity contribution < 1.29 is 20.1 Å². The number of nitrogens with zero attached hydrogens (tertiary/aromatic N) is 1. The van der Waals surface area contributed by atoms with E-state index in [9.17, 15) is 0 Å². The van der Waals surface area contributed by atoms with Gasteiger partial charge in [0.1, 0.15) is 0 Å². The molecule has 3 atom stereocenters. The van der Waals surface area contributed by atoms with Gasteiger partial charge in [-0.15, -0.1) is 27.7 Å². The summed E-state index contributed by atoms with van der Waals surface area (Å²) in [4.78, 5) is 3.78. The Labute approximate surface area is 245 Å². The van der Waals surface area contributed by atoms with Crippen LogP contribution in [-0.2, 0) is 20.1 Å². The molecule has 36 heavy (non-hydrogen) atoms. The van der Waals surface area contributed by atoms with Gasteiger partial charge in [0.15, 0.2) is 0 Å². The predicted octanol–water partition coefficient (Wildman–Crippen LogP) is 10.3. The van der Waals surface area contributed by atoms with Gasteiger partial charge >= 0.3 is 0 Å². The molecular weight excluding hydrogens is 671 g/mol. The van der Waals surface area contributed by atoms with Crippen molar-refractivity contribution in [1.29, 1.82) is 0 Å². The van der Waals surface area contributed by atoms with E-state index >= 15 is 0 Å². The van der Waals surface area contributed by atoms with Gasteiger partial charge in [0.05, 0.1) is 0 Å². The Morgan fingerprint density at radius 1 is 0.417 bits per heavy atom. The van der Waals surface area contributed by atoms with Crippen LogP contribution in [0.5, 0.6) is 0 Å². The molecule has 1 aromatic rings.